The largest absolute Gasteiger partial charge is 0.395 e. The van der Waals surface area contributed by atoms with E-state index >= 15 is 0 Å². The second-order valence-electron chi connectivity index (χ2n) is 5.95. The molecule has 19 heavy (non-hydrogen) atoms. The molecule has 0 spiro atoms. The summed E-state index contributed by atoms with van der Waals surface area (Å²) < 4.78 is 0. The van der Waals surface area contributed by atoms with E-state index in [0.29, 0.717) is 6.54 Å². The van der Waals surface area contributed by atoms with Crippen molar-refractivity contribution in [3.05, 3.63) is 0 Å². The van der Waals surface area contributed by atoms with Gasteiger partial charge < -0.3 is 10.0 Å². The third kappa shape index (κ3) is 4.46. The molecule has 110 valence electrons. The second-order valence-corrected chi connectivity index (χ2v) is 5.95. The first-order valence-electron chi connectivity index (χ1n) is 7.94. The molecule has 1 amide bonds. The summed E-state index contributed by atoms with van der Waals surface area (Å²) in [4.78, 5) is 16.6. The lowest BCUT2D eigenvalue weighted by atomic mass is 10.1. The molecule has 0 saturated carbocycles. The molecule has 4 nitrogen and oxygen atoms in total. The third-order valence-electron chi connectivity index (χ3n) is 4.51. The maximum Gasteiger partial charge on any atom is 0.236 e. The van der Waals surface area contributed by atoms with Crippen LogP contribution in [0.25, 0.3) is 0 Å². The van der Waals surface area contributed by atoms with Gasteiger partial charge in [-0.15, -0.1) is 0 Å². The number of aliphatic hydroxyl groups is 1. The Morgan fingerprint density at radius 3 is 2.26 bits per heavy atom. The number of amides is 1. The molecule has 2 aliphatic rings. The molecule has 0 aliphatic carbocycles. The van der Waals surface area contributed by atoms with Crippen molar-refractivity contribution in [2.75, 3.05) is 32.8 Å². The van der Waals surface area contributed by atoms with Gasteiger partial charge in [-0.2, -0.15) is 0 Å². The molecule has 2 heterocycles. The lowest BCUT2D eigenvalue weighted by molar-refractivity contribution is -0.133. The zero-order valence-electron chi connectivity index (χ0n) is 12.0. The van der Waals surface area contributed by atoms with Gasteiger partial charge in [0.1, 0.15) is 0 Å². The fourth-order valence-electron chi connectivity index (χ4n) is 3.25. The van der Waals surface area contributed by atoms with Crippen molar-refractivity contribution in [2.45, 2.75) is 57.4 Å². The minimum Gasteiger partial charge on any atom is -0.395 e. The molecule has 0 aromatic heterocycles. The topological polar surface area (TPSA) is 43.8 Å². The van der Waals surface area contributed by atoms with E-state index in [4.69, 9.17) is 0 Å². The fourth-order valence-corrected chi connectivity index (χ4v) is 3.25. The zero-order chi connectivity index (χ0) is 13.5. The van der Waals surface area contributed by atoms with Crippen molar-refractivity contribution in [3.63, 3.8) is 0 Å². The van der Waals surface area contributed by atoms with E-state index in [1.807, 2.05) is 4.90 Å². The Hall–Kier alpha value is -0.610. The van der Waals surface area contributed by atoms with Crippen molar-refractivity contribution < 1.29 is 9.90 Å². The minimum absolute atomic E-state index is 0.188. The number of rotatable bonds is 3. The second kappa shape index (κ2) is 7.85. The number of nitrogens with zero attached hydrogens (tertiary/aromatic N) is 2. The quantitative estimate of drug-likeness (QED) is 0.846. The standard InChI is InChI=1S/C15H28N2O2/c18-13-14-8-4-3-7-11-17(14)12-15(19)16-9-5-1-2-6-10-16/h14,18H,1-13H2. The summed E-state index contributed by atoms with van der Waals surface area (Å²) in [6.07, 6.45) is 9.40. The molecule has 2 rings (SSSR count). The molecule has 0 aromatic rings. The van der Waals surface area contributed by atoms with Gasteiger partial charge in [-0.05, 0) is 32.2 Å². The molecule has 2 saturated heterocycles. The number of hydrogen-bond donors (Lipinski definition) is 1. The Kier molecular flexibility index (Phi) is 6.11. The molecular formula is C15H28N2O2. The summed E-state index contributed by atoms with van der Waals surface area (Å²) in [5.41, 5.74) is 0. The first-order chi connectivity index (χ1) is 9.31. The molecule has 1 N–H and O–H groups in total. The van der Waals surface area contributed by atoms with Gasteiger partial charge in [0.15, 0.2) is 0 Å². The van der Waals surface area contributed by atoms with Crippen LogP contribution in [-0.2, 0) is 4.79 Å². The van der Waals surface area contributed by atoms with Gasteiger partial charge in [0.05, 0.1) is 13.2 Å². The Labute approximate surface area is 116 Å². The van der Waals surface area contributed by atoms with Gasteiger partial charge in [-0.1, -0.05) is 25.7 Å². The van der Waals surface area contributed by atoms with Gasteiger partial charge in [0.25, 0.3) is 0 Å². The Morgan fingerprint density at radius 2 is 1.58 bits per heavy atom. The highest BCUT2D eigenvalue weighted by Gasteiger charge is 2.24. The number of likely N-dealkylation sites (tertiary alicyclic amines) is 2. The van der Waals surface area contributed by atoms with Crippen LogP contribution in [0.15, 0.2) is 0 Å². The van der Waals surface area contributed by atoms with Crippen LogP contribution in [-0.4, -0.2) is 59.6 Å². The van der Waals surface area contributed by atoms with E-state index in [0.717, 1.165) is 45.3 Å². The van der Waals surface area contributed by atoms with Crippen molar-refractivity contribution >= 4 is 5.91 Å². The summed E-state index contributed by atoms with van der Waals surface area (Å²) in [7, 11) is 0. The maximum atomic E-state index is 12.4. The number of hydrogen-bond acceptors (Lipinski definition) is 3. The van der Waals surface area contributed by atoms with Crippen LogP contribution >= 0.6 is 0 Å². The highest BCUT2D eigenvalue weighted by atomic mass is 16.3. The molecule has 2 aliphatic heterocycles. The molecule has 2 fully saturated rings. The molecular weight excluding hydrogens is 240 g/mol. The fraction of sp³-hybridized carbons (Fsp3) is 0.933. The van der Waals surface area contributed by atoms with E-state index in [-0.39, 0.29) is 18.6 Å². The van der Waals surface area contributed by atoms with Gasteiger partial charge in [-0.25, -0.2) is 0 Å². The van der Waals surface area contributed by atoms with Crippen molar-refractivity contribution in [1.29, 1.82) is 0 Å². The van der Waals surface area contributed by atoms with Crippen LogP contribution in [0.2, 0.25) is 0 Å². The number of carbonyl (C=O) groups is 1. The molecule has 0 aromatic carbocycles. The summed E-state index contributed by atoms with van der Waals surface area (Å²) in [5, 5.41) is 9.49. The average Bonchev–Trinajstić information content (AvgIpc) is 2.80. The van der Waals surface area contributed by atoms with E-state index in [9.17, 15) is 9.90 Å². The van der Waals surface area contributed by atoms with E-state index in [1.54, 1.807) is 0 Å². The lowest BCUT2D eigenvalue weighted by Gasteiger charge is -2.30. The molecule has 4 heteroatoms. The van der Waals surface area contributed by atoms with Gasteiger partial charge in [0, 0.05) is 19.1 Å². The Morgan fingerprint density at radius 1 is 0.947 bits per heavy atom. The summed E-state index contributed by atoms with van der Waals surface area (Å²) in [5.74, 6) is 0.266. The van der Waals surface area contributed by atoms with Crippen LogP contribution in [0.5, 0.6) is 0 Å². The zero-order valence-corrected chi connectivity index (χ0v) is 12.0. The van der Waals surface area contributed by atoms with Crippen LogP contribution in [0.4, 0.5) is 0 Å². The van der Waals surface area contributed by atoms with E-state index in [2.05, 4.69) is 4.90 Å². The number of aliphatic hydroxyl groups excluding tert-OH is 1. The predicted molar refractivity (Wildman–Crippen MR) is 76.0 cm³/mol. The van der Waals surface area contributed by atoms with E-state index < -0.39 is 0 Å². The molecule has 1 unspecified atom stereocenters. The smallest absolute Gasteiger partial charge is 0.236 e. The van der Waals surface area contributed by atoms with Crippen molar-refractivity contribution in [1.82, 2.24) is 9.80 Å². The summed E-state index contributed by atoms with van der Waals surface area (Å²) in [6.45, 7) is 3.51. The Balaban J connectivity index is 1.87. The SMILES string of the molecule is O=C(CN1CCCCCC1CO)N1CCCCCC1. The lowest BCUT2D eigenvalue weighted by Crippen LogP contribution is -2.46. The van der Waals surface area contributed by atoms with Crippen LogP contribution in [0, 0.1) is 0 Å². The maximum absolute atomic E-state index is 12.4. The summed E-state index contributed by atoms with van der Waals surface area (Å²) >= 11 is 0. The van der Waals surface area contributed by atoms with Gasteiger partial charge in [-0.3, -0.25) is 9.69 Å². The van der Waals surface area contributed by atoms with Crippen molar-refractivity contribution in [3.8, 4) is 0 Å². The van der Waals surface area contributed by atoms with Crippen LogP contribution in [0.3, 0.4) is 0 Å². The molecule has 0 bridgehead atoms. The normalized spacial score (nSPS) is 26.8. The van der Waals surface area contributed by atoms with Gasteiger partial charge >= 0.3 is 0 Å². The van der Waals surface area contributed by atoms with Gasteiger partial charge in [0.2, 0.25) is 5.91 Å². The monoisotopic (exact) mass is 268 g/mol. The first kappa shape index (κ1) is 14.8. The highest BCUT2D eigenvalue weighted by molar-refractivity contribution is 5.78. The van der Waals surface area contributed by atoms with Crippen molar-refractivity contribution in [2.24, 2.45) is 0 Å². The first-order valence-corrected chi connectivity index (χ1v) is 7.94. The third-order valence-corrected chi connectivity index (χ3v) is 4.51. The molecule has 1 atom stereocenters. The average molecular weight is 268 g/mol. The predicted octanol–water partition coefficient (Wildman–Crippen LogP) is 1.63. The molecule has 0 radical (unpaired) electrons. The van der Waals surface area contributed by atoms with E-state index in [1.165, 1.54) is 25.7 Å². The minimum atomic E-state index is 0.188. The van der Waals surface area contributed by atoms with Crippen LogP contribution < -0.4 is 0 Å². The summed E-state index contributed by atoms with van der Waals surface area (Å²) in [6, 6.07) is 0.193. The number of carbonyl (C=O) groups excluding carboxylic acids is 1. The van der Waals surface area contributed by atoms with Crippen LogP contribution in [0.1, 0.15) is 51.4 Å². The Bertz CT molecular complexity index is 275. The highest BCUT2D eigenvalue weighted by Crippen LogP contribution is 2.17.